The van der Waals surface area contributed by atoms with Gasteiger partial charge in [-0.2, -0.15) is 0 Å². The van der Waals surface area contributed by atoms with Gasteiger partial charge in [0.15, 0.2) is 0 Å². The first-order valence-electron chi connectivity index (χ1n) is 7.61. The first kappa shape index (κ1) is 12.0. The Morgan fingerprint density at radius 3 is 3.00 bits per heavy atom. The molecule has 1 aromatic rings. The van der Waals surface area contributed by atoms with Gasteiger partial charge in [0.1, 0.15) is 11.2 Å². The normalized spacial score (nSPS) is 30.6. The lowest BCUT2D eigenvalue weighted by Gasteiger charge is -2.27. The number of rotatable bonds is 0. The quantitative estimate of drug-likeness (QED) is 0.701. The molecular formula is C19H20O. The van der Waals surface area contributed by atoms with Crippen LogP contribution in [-0.4, -0.2) is 0 Å². The van der Waals surface area contributed by atoms with Crippen LogP contribution in [0, 0.1) is 17.8 Å². The molecule has 2 unspecified atom stereocenters. The molecule has 3 aliphatic rings. The summed E-state index contributed by atoms with van der Waals surface area (Å²) in [7, 11) is 0. The lowest BCUT2D eigenvalue weighted by molar-refractivity contribution is 0.400. The van der Waals surface area contributed by atoms with Gasteiger partial charge in [-0.1, -0.05) is 43.9 Å². The van der Waals surface area contributed by atoms with Crippen LogP contribution in [0.5, 0.6) is 0 Å². The fourth-order valence-corrected chi connectivity index (χ4v) is 3.75. The summed E-state index contributed by atoms with van der Waals surface area (Å²) in [5, 5.41) is 1.29. The molecule has 1 heterocycles. The zero-order valence-electron chi connectivity index (χ0n) is 11.9. The van der Waals surface area contributed by atoms with E-state index in [2.05, 4.69) is 50.0 Å². The minimum atomic E-state index is 0.424. The van der Waals surface area contributed by atoms with Gasteiger partial charge in [0.2, 0.25) is 0 Å². The molecule has 1 heteroatoms. The topological polar surface area (TPSA) is 13.1 Å². The second-order valence-electron chi connectivity index (χ2n) is 6.28. The third-order valence-corrected chi connectivity index (χ3v) is 4.94. The van der Waals surface area contributed by atoms with Gasteiger partial charge in [-0.25, -0.2) is 0 Å². The SMILES string of the molecule is C=C1C=CCC(C)[C@@H]2C=c3oc4c(c3=CC12)C=CCC4. The number of allylic oxidation sites excluding steroid dienone is 4. The molecule has 0 radical (unpaired) electrons. The lowest BCUT2D eigenvalue weighted by Crippen LogP contribution is -2.33. The molecular weight excluding hydrogens is 244 g/mol. The van der Waals surface area contributed by atoms with Crippen LogP contribution >= 0.6 is 0 Å². The van der Waals surface area contributed by atoms with Crippen molar-refractivity contribution in [1.29, 1.82) is 0 Å². The van der Waals surface area contributed by atoms with E-state index in [0.29, 0.717) is 17.8 Å². The number of furan rings is 1. The predicted octanol–water partition coefficient (Wildman–Crippen LogP) is 3.20. The molecule has 3 aliphatic carbocycles. The molecule has 4 rings (SSSR count). The first-order chi connectivity index (χ1) is 9.74. The molecule has 0 N–H and O–H groups in total. The second-order valence-corrected chi connectivity index (χ2v) is 6.28. The molecule has 20 heavy (non-hydrogen) atoms. The molecule has 1 aromatic heterocycles. The van der Waals surface area contributed by atoms with E-state index in [4.69, 9.17) is 4.42 Å². The number of hydrogen-bond acceptors (Lipinski definition) is 1. The van der Waals surface area contributed by atoms with Crippen molar-refractivity contribution in [3.63, 3.8) is 0 Å². The summed E-state index contributed by atoms with van der Waals surface area (Å²) in [5.41, 5.74) is 3.62. The van der Waals surface area contributed by atoms with E-state index in [-0.39, 0.29) is 0 Å². The van der Waals surface area contributed by atoms with Crippen LogP contribution in [0.2, 0.25) is 0 Å². The smallest absolute Gasteiger partial charge is 0.130 e. The van der Waals surface area contributed by atoms with Gasteiger partial charge in [0.05, 0.1) is 0 Å². The van der Waals surface area contributed by atoms with Crippen LogP contribution in [0.25, 0.3) is 18.2 Å². The van der Waals surface area contributed by atoms with Gasteiger partial charge in [-0.3, -0.25) is 0 Å². The van der Waals surface area contributed by atoms with Gasteiger partial charge in [0.25, 0.3) is 0 Å². The summed E-state index contributed by atoms with van der Waals surface area (Å²) in [5.74, 6) is 2.74. The van der Waals surface area contributed by atoms with Crippen molar-refractivity contribution in [3.8, 4) is 0 Å². The largest absolute Gasteiger partial charge is 0.461 e. The maximum atomic E-state index is 6.11. The maximum Gasteiger partial charge on any atom is 0.130 e. The van der Waals surface area contributed by atoms with Crippen molar-refractivity contribution in [1.82, 2.24) is 0 Å². The minimum Gasteiger partial charge on any atom is -0.461 e. The van der Waals surface area contributed by atoms with E-state index in [9.17, 15) is 0 Å². The molecule has 3 atom stereocenters. The highest BCUT2D eigenvalue weighted by Gasteiger charge is 2.30. The van der Waals surface area contributed by atoms with Crippen molar-refractivity contribution in [2.75, 3.05) is 0 Å². The highest BCUT2D eigenvalue weighted by Crippen LogP contribution is 2.36. The fourth-order valence-electron chi connectivity index (χ4n) is 3.75. The number of aryl methyl sites for hydroxylation is 1. The van der Waals surface area contributed by atoms with Crippen LogP contribution in [-0.2, 0) is 6.42 Å². The van der Waals surface area contributed by atoms with Gasteiger partial charge >= 0.3 is 0 Å². The standard InChI is InChI=1S/C19H20O/c1-12-6-5-7-13(2)16-11-19-17(10-15(12)16)14-8-3-4-9-18(14)20-19/h3,5-6,8,10-11,13,15-16H,1,4,7,9H2,2H3/t13?,15?,16-/m0/s1. The molecule has 0 aromatic carbocycles. The molecule has 0 saturated carbocycles. The summed E-state index contributed by atoms with van der Waals surface area (Å²) < 4.78 is 6.11. The van der Waals surface area contributed by atoms with Crippen molar-refractivity contribution < 1.29 is 4.42 Å². The molecule has 0 saturated heterocycles. The Labute approximate surface area is 119 Å². The predicted molar refractivity (Wildman–Crippen MR) is 83.3 cm³/mol. The number of hydrogen-bond donors (Lipinski definition) is 0. The summed E-state index contributed by atoms with van der Waals surface area (Å²) in [6.07, 6.45) is 17.0. The van der Waals surface area contributed by atoms with E-state index >= 15 is 0 Å². The van der Waals surface area contributed by atoms with Crippen LogP contribution in [0.1, 0.15) is 31.1 Å². The fraction of sp³-hybridized carbons (Fsp3) is 0.368. The monoisotopic (exact) mass is 264 g/mol. The van der Waals surface area contributed by atoms with Gasteiger partial charge in [0, 0.05) is 23.1 Å². The van der Waals surface area contributed by atoms with Crippen molar-refractivity contribution in [3.05, 3.63) is 52.3 Å². The van der Waals surface area contributed by atoms with Crippen molar-refractivity contribution in [2.45, 2.75) is 26.2 Å². The molecule has 0 spiro atoms. The molecule has 0 fully saturated rings. The Hall–Kier alpha value is -1.76. The summed E-state index contributed by atoms with van der Waals surface area (Å²) in [6.45, 7) is 6.61. The van der Waals surface area contributed by atoms with Crippen LogP contribution in [0.15, 0.2) is 34.8 Å². The van der Waals surface area contributed by atoms with E-state index in [1.165, 1.54) is 16.4 Å². The van der Waals surface area contributed by atoms with Crippen molar-refractivity contribution in [2.24, 2.45) is 17.8 Å². The Bertz CT molecular complexity index is 741. The van der Waals surface area contributed by atoms with E-state index < -0.39 is 0 Å². The van der Waals surface area contributed by atoms with Crippen LogP contribution in [0.3, 0.4) is 0 Å². The Morgan fingerprint density at radius 2 is 2.10 bits per heavy atom. The van der Waals surface area contributed by atoms with Crippen LogP contribution < -0.4 is 10.6 Å². The molecule has 0 bridgehead atoms. The Balaban J connectivity index is 1.95. The average Bonchev–Trinajstić information content (AvgIpc) is 2.76. The summed E-state index contributed by atoms with van der Waals surface area (Å²) >= 11 is 0. The third-order valence-electron chi connectivity index (χ3n) is 4.94. The van der Waals surface area contributed by atoms with Crippen molar-refractivity contribution >= 4 is 18.2 Å². The van der Waals surface area contributed by atoms with E-state index in [1.807, 2.05) is 0 Å². The Morgan fingerprint density at radius 1 is 1.20 bits per heavy atom. The molecule has 0 aliphatic heterocycles. The zero-order valence-corrected chi connectivity index (χ0v) is 11.9. The Kier molecular flexibility index (Phi) is 2.63. The highest BCUT2D eigenvalue weighted by molar-refractivity contribution is 5.60. The molecule has 102 valence electrons. The highest BCUT2D eigenvalue weighted by atomic mass is 16.3. The zero-order chi connectivity index (χ0) is 13.7. The van der Waals surface area contributed by atoms with E-state index in [1.54, 1.807) is 0 Å². The van der Waals surface area contributed by atoms with E-state index in [0.717, 1.165) is 30.4 Å². The number of fused-ring (bicyclic) bond motifs is 4. The minimum absolute atomic E-state index is 0.424. The van der Waals surface area contributed by atoms with Gasteiger partial charge < -0.3 is 4.42 Å². The van der Waals surface area contributed by atoms with Gasteiger partial charge in [-0.05, 0) is 36.3 Å². The molecule has 1 nitrogen and oxygen atoms in total. The maximum absolute atomic E-state index is 6.11. The third kappa shape index (κ3) is 1.69. The second kappa shape index (κ2) is 4.37. The average molecular weight is 264 g/mol. The summed E-state index contributed by atoms with van der Waals surface area (Å²) in [6, 6.07) is 0. The van der Waals surface area contributed by atoms with Crippen LogP contribution in [0.4, 0.5) is 0 Å². The first-order valence-corrected chi connectivity index (χ1v) is 7.61. The lowest BCUT2D eigenvalue weighted by atomic mass is 9.76. The molecule has 0 amide bonds. The summed E-state index contributed by atoms with van der Waals surface area (Å²) in [4.78, 5) is 0. The van der Waals surface area contributed by atoms with Gasteiger partial charge in [-0.15, -0.1) is 0 Å².